The lowest BCUT2D eigenvalue weighted by molar-refractivity contribution is 0.475. The van der Waals surface area contributed by atoms with Gasteiger partial charge in [-0.2, -0.15) is 0 Å². The fraction of sp³-hybridized carbons (Fsp3) is 0.294. The van der Waals surface area contributed by atoms with Gasteiger partial charge in [0.2, 0.25) is 0 Å². The largest absolute Gasteiger partial charge is 0.508 e. The summed E-state index contributed by atoms with van der Waals surface area (Å²) < 4.78 is 0. The first-order chi connectivity index (χ1) is 9.29. The third kappa shape index (κ3) is 4.11. The molecule has 2 nitrogen and oxygen atoms in total. The summed E-state index contributed by atoms with van der Waals surface area (Å²) in [4.78, 5) is 0. The molecule has 2 aromatic carbocycles. The monoisotopic (exact) mass is 255 g/mol. The predicted molar refractivity (Wildman–Crippen MR) is 79.3 cm³/mol. The van der Waals surface area contributed by atoms with E-state index >= 15 is 0 Å². The molecule has 2 heteroatoms. The molecule has 0 heterocycles. The highest BCUT2D eigenvalue weighted by Gasteiger charge is 2.07. The van der Waals surface area contributed by atoms with E-state index in [1.165, 1.54) is 11.1 Å². The molecule has 2 aromatic rings. The molecule has 0 aliphatic rings. The molecule has 0 aliphatic heterocycles. The van der Waals surface area contributed by atoms with Crippen molar-refractivity contribution in [2.24, 2.45) is 0 Å². The summed E-state index contributed by atoms with van der Waals surface area (Å²) in [7, 11) is 2.01. The van der Waals surface area contributed by atoms with Gasteiger partial charge in [0, 0.05) is 6.04 Å². The van der Waals surface area contributed by atoms with E-state index in [2.05, 4.69) is 29.6 Å². The fourth-order valence-corrected chi connectivity index (χ4v) is 2.34. The number of rotatable bonds is 6. The standard InChI is InChI=1S/C17H21NO/c1-18-17(15-7-3-2-4-8-15)9-5-6-14-10-12-16(19)13-11-14/h2-4,7-8,10-13,17-19H,5-6,9H2,1H3. The van der Waals surface area contributed by atoms with Gasteiger partial charge < -0.3 is 10.4 Å². The normalized spacial score (nSPS) is 12.3. The molecule has 0 radical (unpaired) electrons. The van der Waals surface area contributed by atoms with Gasteiger partial charge in [-0.25, -0.2) is 0 Å². The van der Waals surface area contributed by atoms with Crippen molar-refractivity contribution in [1.82, 2.24) is 5.32 Å². The van der Waals surface area contributed by atoms with Gasteiger partial charge in [0.1, 0.15) is 5.75 Å². The zero-order chi connectivity index (χ0) is 13.5. The molecule has 0 spiro atoms. The van der Waals surface area contributed by atoms with Crippen LogP contribution in [0.25, 0.3) is 0 Å². The molecule has 0 aromatic heterocycles. The summed E-state index contributed by atoms with van der Waals surface area (Å²) >= 11 is 0. The quantitative estimate of drug-likeness (QED) is 0.825. The van der Waals surface area contributed by atoms with Gasteiger partial charge in [0.05, 0.1) is 0 Å². The molecule has 0 fully saturated rings. The Morgan fingerprint density at radius 1 is 1.00 bits per heavy atom. The number of phenols is 1. The summed E-state index contributed by atoms with van der Waals surface area (Å²) in [5, 5.41) is 12.6. The number of hydrogen-bond acceptors (Lipinski definition) is 2. The van der Waals surface area contributed by atoms with E-state index in [-0.39, 0.29) is 0 Å². The molecule has 0 bridgehead atoms. The Morgan fingerprint density at radius 3 is 2.32 bits per heavy atom. The van der Waals surface area contributed by atoms with Crippen LogP contribution in [0.3, 0.4) is 0 Å². The van der Waals surface area contributed by atoms with Gasteiger partial charge in [0.25, 0.3) is 0 Å². The van der Waals surface area contributed by atoms with Gasteiger partial charge in [-0.3, -0.25) is 0 Å². The maximum atomic E-state index is 9.25. The van der Waals surface area contributed by atoms with Crippen LogP contribution in [-0.2, 0) is 6.42 Å². The molecule has 2 N–H and O–H groups in total. The highest BCUT2D eigenvalue weighted by Crippen LogP contribution is 2.19. The molecule has 0 saturated carbocycles. The maximum Gasteiger partial charge on any atom is 0.115 e. The minimum atomic E-state index is 0.334. The van der Waals surface area contributed by atoms with Crippen LogP contribution >= 0.6 is 0 Å². The van der Waals surface area contributed by atoms with Crippen LogP contribution < -0.4 is 5.32 Å². The Kier molecular flexibility index (Phi) is 4.99. The second-order valence-corrected chi connectivity index (χ2v) is 4.81. The third-order valence-corrected chi connectivity index (χ3v) is 3.44. The lowest BCUT2D eigenvalue weighted by atomic mass is 9.99. The first-order valence-electron chi connectivity index (χ1n) is 6.79. The summed E-state index contributed by atoms with van der Waals surface area (Å²) in [5.41, 5.74) is 2.62. The average Bonchev–Trinajstić information content (AvgIpc) is 2.46. The first-order valence-corrected chi connectivity index (χ1v) is 6.79. The van der Waals surface area contributed by atoms with Crippen molar-refractivity contribution in [1.29, 1.82) is 0 Å². The number of aromatic hydroxyl groups is 1. The molecule has 0 saturated heterocycles. The van der Waals surface area contributed by atoms with E-state index in [1.54, 1.807) is 12.1 Å². The Morgan fingerprint density at radius 2 is 1.68 bits per heavy atom. The first kappa shape index (κ1) is 13.6. The zero-order valence-electron chi connectivity index (χ0n) is 11.3. The Hall–Kier alpha value is -1.80. The smallest absolute Gasteiger partial charge is 0.115 e. The number of hydrogen-bond donors (Lipinski definition) is 2. The third-order valence-electron chi connectivity index (χ3n) is 3.44. The molecule has 1 atom stereocenters. The molecule has 0 amide bonds. The number of aryl methyl sites for hydroxylation is 1. The minimum absolute atomic E-state index is 0.334. The van der Waals surface area contributed by atoms with Crippen molar-refractivity contribution in [3.63, 3.8) is 0 Å². The van der Waals surface area contributed by atoms with Gasteiger partial charge in [-0.1, -0.05) is 42.5 Å². The van der Waals surface area contributed by atoms with Crippen LogP contribution in [0.15, 0.2) is 54.6 Å². The van der Waals surface area contributed by atoms with Crippen LogP contribution in [0.2, 0.25) is 0 Å². The molecule has 100 valence electrons. The van der Waals surface area contributed by atoms with Crippen molar-refractivity contribution in [3.8, 4) is 5.75 Å². The lowest BCUT2D eigenvalue weighted by Gasteiger charge is -2.16. The Balaban J connectivity index is 1.85. The second kappa shape index (κ2) is 6.95. The second-order valence-electron chi connectivity index (χ2n) is 4.81. The van der Waals surface area contributed by atoms with Crippen LogP contribution in [0, 0.1) is 0 Å². The van der Waals surface area contributed by atoms with E-state index < -0.39 is 0 Å². The van der Waals surface area contributed by atoms with Gasteiger partial charge >= 0.3 is 0 Å². The van der Waals surface area contributed by atoms with Crippen molar-refractivity contribution in [3.05, 3.63) is 65.7 Å². The minimum Gasteiger partial charge on any atom is -0.508 e. The summed E-state index contributed by atoms with van der Waals surface area (Å²) in [6, 6.07) is 18.5. The molecule has 1 unspecified atom stereocenters. The summed E-state index contributed by atoms with van der Waals surface area (Å²) in [5.74, 6) is 0.334. The van der Waals surface area contributed by atoms with E-state index in [4.69, 9.17) is 0 Å². The fourth-order valence-electron chi connectivity index (χ4n) is 2.34. The SMILES string of the molecule is CNC(CCCc1ccc(O)cc1)c1ccccc1. The molecular weight excluding hydrogens is 234 g/mol. The number of phenolic OH excluding ortho intramolecular Hbond substituents is 1. The van der Waals surface area contributed by atoms with Gasteiger partial charge in [-0.15, -0.1) is 0 Å². The van der Waals surface area contributed by atoms with Crippen molar-refractivity contribution < 1.29 is 5.11 Å². The highest BCUT2D eigenvalue weighted by molar-refractivity contribution is 5.26. The van der Waals surface area contributed by atoms with Crippen LogP contribution in [0.4, 0.5) is 0 Å². The van der Waals surface area contributed by atoms with E-state index in [9.17, 15) is 5.11 Å². The van der Waals surface area contributed by atoms with Gasteiger partial charge in [-0.05, 0) is 49.6 Å². The number of nitrogens with one attached hydrogen (secondary N) is 1. The summed E-state index contributed by atoms with van der Waals surface area (Å²) in [6.07, 6.45) is 3.29. The topological polar surface area (TPSA) is 32.3 Å². The zero-order valence-corrected chi connectivity index (χ0v) is 11.3. The van der Waals surface area contributed by atoms with Crippen molar-refractivity contribution in [2.45, 2.75) is 25.3 Å². The van der Waals surface area contributed by atoms with E-state index in [1.807, 2.05) is 25.2 Å². The van der Waals surface area contributed by atoms with E-state index in [0.717, 1.165) is 19.3 Å². The average molecular weight is 255 g/mol. The predicted octanol–water partition coefficient (Wildman–Crippen LogP) is 3.68. The van der Waals surface area contributed by atoms with Crippen molar-refractivity contribution in [2.75, 3.05) is 7.05 Å². The maximum absolute atomic E-state index is 9.25. The summed E-state index contributed by atoms with van der Waals surface area (Å²) in [6.45, 7) is 0. The van der Waals surface area contributed by atoms with E-state index in [0.29, 0.717) is 11.8 Å². The van der Waals surface area contributed by atoms with Crippen LogP contribution in [0.5, 0.6) is 5.75 Å². The molecule has 19 heavy (non-hydrogen) atoms. The molecule has 0 aliphatic carbocycles. The molecular formula is C17H21NO. The van der Waals surface area contributed by atoms with Crippen LogP contribution in [0.1, 0.15) is 30.0 Å². The Labute approximate surface area is 115 Å². The lowest BCUT2D eigenvalue weighted by Crippen LogP contribution is -2.16. The number of benzene rings is 2. The Bertz CT molecular complexity index is 478. The van der Waals surface area contributed by atoms with Crippen molar-refractivity contribution >= 4 is 0 Å². The molecule has 2 rings (SSSR count). The van der Waals surface area contributed by atoms with Crippen LogP contribution in [-0.4, -0.2) is 12.2 Å². The van der Waals surface area contributed by atoms with Gasteiger partial charge in [0.15, 0.2) is 0 Å². The highest BCUT2D eigenvalue weighted by atomic mass is 16.3.